The van der Waals surface area contributed by atoms with Crippen molar-refractivity contribution in [1.82, 2.24) is 15.1 Å². The molecule has 0 bridgehead atoms. The number of carbonyl (C=O) groups is 2. The van der Waals surface area contributed by atoms with Gasteiger partial charge in [-0.2, -0.15) is 0 Å². The molecule has 0 aliphatic carbocycles. The van der Waals surface area contributed by atoms with E-state index in [4.69, 9.17) is 4.74 Å². The second kappa shape index (κ2) is 7.33. The van der Waals surface area contributed by atoms with Gasteiger partial charge >= 0.3 is 6.09 Å². The maximum absolute atomic E-state index is 12.0. The van der Waals surface area contributed by atoms with Gasteiger partial charge in [-0.25, -0.2) is 4.79 Å². The number of amides is 2. The van der Waals surface area contributed by atoms with Gasteiger partial charge in [0, 0.05) is 32.2 Å². The zero-order valence-corrected chi connectivity index (χ0v) is 12.3. The molecule has 110 valence electrons. The SMILES string of the molecule is COC(=O)N1CCCN(C(C)C(=O)NC(C)C)CC1. The molecule has 1 N–H and O–H groups in total. The van der Waals surface area contributed by atoms with E-state index in [0.717, 1.165) is 13.0 Å². The van der Waals surface area contributed by atoms with E-state index in [-0.39, 0.29) is 24.1 Å². The van der Waals surface area contributed by atoms with Crippen LogP contribution in [0.1, 0.15) is 27.2 Å². The van der Waals surface area contributed by atoms with Crippen molar-refractivity contribution in [2.75, 3.05) is 33.3 Å². The minimum Gasteiger partial charge on any atom is -0.453 e. The summed E-state index contributed by atoms with van der Waals surface area (Å²) in [5, 5.41) is 2.92. The molecule has 0 aromatic carbocycles. The van der Waals surface area contributed by atoms with Crippen molar-refractivity contribution in [2.24, 2.45) is 0 Å². The largest absolute Gasteiger partial charge is 0.453 e. The summed E-state index contributed by atoms with van der Waals surface area (Å²) in [5.74, 6) is 0.0431. The Hall–Kier alpha value is -1.30. The molecule has 0 aromatic heterocycles. The number of methoxy groups -OCH3 is 1. The molecule has 6 nitrogen and oxygen atoms in total. The van der Waals surface area contributed by atoms with E-state index in [2.05, 4.69) is 10.2 Å². The Bertz CT molecular complexity index is 320. The molecule has 1 aliphatic heterocycles. The van der Waals surface area contributed by atoms with Gasteiger partial charge in [0.2, 0.25) is 5.91 Å². The van der Waals surface area contributed by atoms with Crippen molar-refractivity contribution in [3.63, 3.8) is 0 Å². The molecule has 0 aromatic rings. The van der Waals surface area contributed by atoms with Crippen LogP contribution >= 0.6 is 0 Å². The molecule has 19 heavy (non-hydrogen) atoms. The van der Waals surface area contributed by atoms with E-state index in [0.29, 0.717) is 19.6 Å². The molecule has 1 aliphatic rings. The molecule has 0 radical (unpaired) electrons. The molecule has 1 heterocycles. The summed E-state index contributed by atoms with van der Waals surface area (Å²) < 4.78 is 4.73. The number of rotatable bonds is 3. The highest BCUT2D eigenvalue weighted by atomic mass is 16.5. The van der Waals surface area contributed by atoms with Gasteiger partial charge in [0.05, 0.1) is 13.2 Å². The lowest BCUT2D eigenvalue weighted by Gasteiger charge is -2.27. The van der Waals surface area contributed by atoms with Gasteiger partial charge < -0.3 is 15.0 Å². The average molecular weight is 271 g/mol. The fourth-order valence-corrected chi connectivity index (χ4v) is 2.21. The van der Waals surface area contributed by atoms with Crippen molar-refractivity contribution in [3.05, 3.63) is 0 Å². The average Bonchev–Trinajstić information content (AvgIpc) is 2.61. The zero-order chi connectivity index (χ0) is 14.4. The van der Waals surface area contributed by atoms with Crippen LogP contribution in [0.5, 0.6) is 0 Å². The Morgan fingerprint density at radius 3 is 2.37 bits per heavy atom. The number of carbonyl (C=O) groups excluding carboxylic acids is 2. The Morgan fingerprint density at radius 1 is 1.11 bits per heavy atom. The molecule has 0 spiro atoms. The Kier molecular flexibility index (Phi) is 6.08. The van der Waals surface area contributed by atoms with Crippen molar-refractivity contribution in [1.29, 1.82) is 0 Å². The first-order chi connectivity index (χ1) is 8.95. The van der Waals surface area contributed by atoms with Gasteiger partial charge in [0.1, 0.15) is 0 Å². The molecule has 1 atom stereocenters. The molecule has 1 rings (SSSR count). The number of ether oxygens (including phenoxy) is 1. The van der Waals surface area contributed by atoms with E-state index < -0.39 is 0 Å². The molecule has 1 saturated heterocycles. The standard InChI is InChI=1S/C13H25N3O3/c1-10(2)14-12(17)11(3)15-6-5-7-16(9-8-15)13(18)19-4/h10-11H,5-9H2,1-4H3,(H,14,17). The second-order valence-corrected chi connectivity index (χ2v) is 5.19. The van der Waals surface area contributed by atoms with Gasteiger partial charge in [-0.05, 0) is 27.2 Å². The lowest BCUT2D eigenvalue weighted by molar-refractivity contribution is -0.126. The number of nitrogens with zero attached hydrogens (tertiary/aromatic N) is 2. The van der Waals surface area contributed by atoms with Crippen LogP contribution < -0.4 is 5.32 Å². The quantitative estimate of drug-likeness (QED) is 0.819. The summed E-state index contributed by atoms with van der Waals surface area (Å²) >= 11 is 0. The van der Waals surface area contributed by atoms with Gasteiger partial charge in [0.25, 0.3) is 0 Å². The third kappa shape index (κ3) is 4.70. The molecule has 0 saturated carbocycles. The molecular formula is C13H25N3O3. The van der Waals surface area contributed by atoms with Crippen molar-refractivity contribution in [3.8, 4) is 0 Å². The Labute approximate surface area is 115 Å². The van der Waals surface area contributed by atoms with E-state index in [9.17, 15) is 9.59 Å². The Balaban J connectivity index is 2.52. The highest BCUT2D eigenvalue weighted by molar-refractivity contribution is 5.81. The summed E-state index contributed by atoms with van der Waals surface area (Å²) in [6.07, 6.45) is 0.565. The minimum absolute atomic E-state index is 0.0431. The molecule has 1 unspecified atom stereocenters. The van der Waals surface area contributed by atoms with Crippen LogP contribution in [0.4, 0.5) is 4.79 Å². The van der Waals surface area contributed by atoms with Crippen LogP contribution in [0.15, 0.2) is 0 Å². The van der Waals surface area contributed by atoms with Crippen LogP contribution in [-0.2, 0) is 9.53 Å². The van der Waals surface area contributed by atoms with E-state index >= 15 is 0 Å². The summed E-state index contributed by atoms with van der Waals surface area (Å²) in [7, 11) is 1.39. The number of nitrogens with one attached hydrogen (secondary N) is 1. The maximum atomic E-state index is 12.0. The summed E-state index contributed by atoms with van der Waals surface area (Å²) in [6, 6.07) is -0.0199. The topological polar surface area (TPSA) is 61.9 Å². The molecule has 2 amide bonds. The highest BCUT2D eigenvalue weighted by Gasteiger charge is 2.25. The predicted molar refractivity (Wildman–Crippen MR) is 72.9 cm³/mol. The predicted octanol–water partition coefficient (Wildman–Crippen LogP) is 0.674. The number of hydrogen-bond donors (Lipinski definition) is 1. The number of hydrogen-bond acceptors (Lipinski definition) is 4. The first-order valence-electron chi connectivity index (χ1n) is 6.83. The Morgan fingerprint density at radius 2 is 1.79 bits per heavy atom. The lowest BCUT2D eigenvalue weighted by atomic mass is 10.2. The molecule has 6 heteroatoms. The monoisotopic (exact) mass is 271 g/mol. The van der Waals surface area contributed by atoms with Crippen molar-refractivity contribution < 1.29 is 14.3 Å². The smallest absolute Gasteiger partial charge is 0.409 e. The third-order valence-corrected chi connectivity index (χ3v) is 3.32. The fourth-order valence-electron chi connectivity index (χ4n) is 2.21. The summed E-state index contributed by atoms with van der Waals surface area (Å²) in [4.78, 5) is 27.3. The third-order valence-electron chi connectivity index (χ3n) is 3.32. The fraction of sp³-hybridized carbons (Fsp3) is 0.846. The molecule has 1 fully saturated rings. The van der Waals surface area contributed by atoms with E-state index in [1.165, 1.54) is 7.11 Å². The molecular weight excluding hydrogens is 246 g/mol. The van der Waals surface area contributed by atoms with E-state index in [1.54, 1.807) is 4.90 Å². The summed E-state index contributed by atoms with van der Waals surface area (Å²) in [5.41, 5.74) is 0. The van der Waals surface area contributed by atoms with Gasteiger partial charge in [-0.3, -0.25) is 9.69 Å². The highest BCUT2D eigenvalue weighted by Crippen LogP contribution is 2.08. The van der Waals surface area contributed by atoms with Crippen LogP contribution in [-0.4, -0.2) is 67.2 Å². The normalized spacial score (nSPS) is 18.9. The lowest BCUT2D eigenvalue weighted by Crippen LogP contribution is -2.48. The minimum atomic E-state index is -0.291. The van der Waals surface area contributed by atoms with Gasteiger partial charge in [-0.1, -0.05) is 0 Å². The van der Waals surface area contributed by atoms with Crippen LogP contribution in [0.25, 0.3) is 0 Å². The van der Waals surface area contributed by atoms with Gasteiger partial charge in [0.15, 0.2) is 0 Å². The van der Waals surface area contributed by atoms with Crippen LogP contribution in [0.2, 0.25) is 0 Å². The van der Waals surface area contributed by atoms with E-state index in [1.807, 2.05) is 20.8 Å². The summed E-state index contributed by atoms with van der Waals surface area (Å²) in [6.45, 7) is 8.61. The first-order valence-corrected chi connectivity index (χ1v) is 6.83. The van der Waals surface area contributed by atoms with Crippen LogP contribution in [0, 0.1) is 0 Å². The van der Waals surface area contributed by atoms with Gasteiger partial charge in [-0.15, -0.1) is 0 Å². The van der Waals surface area contributed by atoms with Crippen LogP contribution in [0.3, 0.4) is 0 Å². The first kappa shape index (κ1) is 15.8. The maximum Gasteiger partial charge on any atom is 0.409 e. The zero-order valence-electron chi connectivity index (χ0n) is 12.3. The van der Waals surface area contributed by atoms with Crippen molar-refractivity contribution >= 4 is 12.0 Å². The second-order valence-electron chi connectivity index (χ2n) is 5.19. The van der Waals surface area contributed by atoms with Crippen molar-refractivity contribution in [2.45, 2.75) is 39.3 Å².